The highest BCUT2D eigenvalue weighted by atomic mass is 16.5. The third-order valence-corrected chi connectivity index (χ3v) is 1.56. The zero-order valence-corrected chi connectivity index (χ0v) is 8.34. The van der Waals surface area contributed by atoms with Gasteiger partial charge < -0.3 is 20.5 Å². The van der Waals surface area contributed by atoms with Crippen molar-refractivity contribution < 1.29 is 14.8 Å². The second-order valence-corrected chi connectivity index (χ2v) is 2.80. The van der Waals surface area contributed by atoms with Crippen molar-refractivity contribution >= 4 is 0 Å². The number of nitrogens with two attached hydrogens (primary N) is 2. The van der Waals surface area contributed by atoms with E-state index in [9.17, 15) is 0 Å². The SMILES string of the molecule is [CH2-][NH2+]CCCOCCOCCCN. The van der Waals surface area contributed by atoms with Crippen molar-refractivity contribution in [1.82, 2.24) is 0 Å². The summed E-state index contributed by atoms with van der Waals surface area (Å²) in [5.41, 5.74) is 5.30. The summed E-state index contributed by atoms with van der Waals surface area (Å²) in [5, 5.41) is 1.90. The molecule has 0 spiro atoms. The van der Waals surface area contributed by atoms with Crippen LogP contribution in [0.15, 0.2) is 0 Å². The van der Waals surface area contributed by atoms with E-state index in [1.165, 1.54) is 0 Å². The molecule has 0 aromatic rings. The van der Waals surface area contributed by atoms with E-state index in [0.29, 0.717) is 19.8 Å². The van der Waals surface area contributed by atoms with Crippen LogP contribution >= 0.6 is 0 Å². The van der Waals surface area contributed by atoms with E-state index in [2.05, 4.69) is 7.05 Å². The molecule has 0 rings (SSSR count). The Labute approximate surface area is 80.8 Å². The summed E-state index contributed by atoms with van der Waals surface area (Å²) in [6.45, 7) is 4.61. The van der Waals surface area contributed by atoms with Crippen molar-refractivity contribution in [1.29, 1.82) is 0 Å². The molecule has 0 aliphatic carbocycles. The summed E-state index contributed by atoms with van der Waals surface area (Å²) in [4.78, 5) is 0. The fourth-order valence-corrected chi connectivity index (χ4v) is 0.837. The highest BCUT2D eigenvalue weighted by Gasteiger charge is 1.89. The minimum atomic E-state index is 0.675. The maximum atomic E-state index is 5.31. The van der Waals surface area contributed by atoms with Crippen LogP contribution in [-0.4, -0.2) is 39.5 Å². The Morgan fingerprint density at radius 3 is 2.15 bits per heavy atom. The summed E-state index contributed by atoms with van der Waals surface area (Å²) in [6, 6.07) is 0. The average molecular weight is 190 g/mol. The maximum Gasteiger partial charge on any atom is 0.0700 e. The van der Waals surface area contributed by atoms with E-state index >= 15 is 0 Å². The van der Waals surface area contributed by atoms with Gasteiger partial charge in [-0.3, -0.25) is 0 Å². The van der Waals surface area contributed by atoms with Gasteiger partial charge in [-0.2, -0.15) is 7.05 Å². The molecule has 13 heavy (non-hydrogen) atoms. The van der Waals surface area contributed by atoms with Crippen LogP contribution in [0.5, 0.6) is 0 Å². The van der Waals surface area contributed by atoms with Crippen molar-refractivity contribution in [3.8, 4) is 0 Å². The highest BCUT2D eigenvalue weighted by Crippen LogP contribution is 1.83. The van der Waals surface area contributed by atoms with Gasteiger partial charge in [0.2, 0.25) is 0 Å². The first kappa shape index (κ1) is 12.8. The quantitative estimate of drug-likeness (QED) is 0.347. The fraction of sp³-hybridized carbons (Fsp3) is 0.889. The van der Waals surface area contributed by atoms with Crippen LogP contribution in [0, 0.1) is 7.05 Å². The van der Waals surface area contributed by atoms with E-state index in [-0.39, 0.29) is 0 Å². The second-order valence-electron chi connectivity index (χ2n) is 2.80. The Kier molecular flexibility index (Phi) is 11.7. The molecule has 0 atom stereocenters. The first-order chi connectivity index (χ1) is 6.41. The minimum Gasteiger partial charge on any atom is -0.479 e. The molecule has 0 amide bonds. The van der Waals surface area contributed by atoms with Gasteiger partial charge in [0, 0.05) is 13.0 Å². The zero-order chi connectivity index (χ0) is 9.78. The molecule has 0 unspecified atom stereocenters. The summed E-state index contributed by atoms with van der Waals surface area (Å²) in [6.07, 6.45) is 1.97. The molecule has 0 radical (unpaired) electrons. The summed E-state index contributed by atoms with van der Waals surface area (Å²) in [7, 11) is 3.64. The van der Waals surface area contributed by atoms with Crippen LogP contribution in [0.1, 0.15) is 12.8 Å². The number of hydrogen-bond donors (Lipinski definition) is 2. The van der Waals surface area contributed by atoms with Gasteiger partial charge in [0.05, 0.1) is 26.4 Å². The Balaban J connectivity index is 2.76. The van der Waals surface area contributed by atoms with Gasteiger partial charge in [-0.15, -0.1) is 0 Å². The van der Waals surface area contributed by atoms with Gasteiger partial charge >= 0.3 is 0 Å². The highest BCUT2D eigenvalue weighted by molar-refractivity contribution is 4.37. The normalized spacial score (nSPS) is 10.6. The van der Waals surface area contributed by atoms with Gasteiger partial charge in [-0.1, -0.05) is 0 Å². The Hall–Kier alpha value is -0.160. The van der Waals surface area contributed by atoms with Crippen LogP contribution in [0.4, 0.5) is 0 Å². The van der Waals surface area contributed by atoms with Crippen molar-refractivity contribution in [2.75, 3.05) is 39.5 Å². The van der Waals surface area contributed by atoms with Crippen molar-refractivity contribution in [2.24, 2.45) is 5.73 Å². The first-order valence-electron chi connectivity index (χ1n) is 4.88. The number of quaternary nitrogens is 1. The van der Waals surface area contributed by atoms with Crippen LogP contribution in [0.25, 0.3) is 0 Å². The number of rotatable bonds is 10. The summed E-state index contributed by atoms with van der Waals surface area (Å²) >= 11 is 0. The third-order valence-electron chi connectivity index (χ3n) is 1.56. The second kappa shape index (κ2) is 11.8. The standard InChI is InChI=1S/C9H22N2O2/c1-11-5-3-7-13-9-8-12-6-2-4-10/h1-11H2. The lowest BCUT2D eigenvalue weighted by Crippen LogP contribution is -2.77. The molecule has 80 valence electrons. The number of ether oxygens (including phenoxy) is 2. The van der Waals surface area contributed by atoms with Crippen molar-refractivity contribution in [3.05, 3.63) is 7.05 Å². The third kappa shape index (κ3) is 11.8. The van der Waals surface area contributed by atoms with E-state index < -0.39 is 0 Å². The molecule has 0 fully saturated rings. The van der Waals surface area contributed by atoms with Crippen molar-refractivity contribution in [2.45, 2.75) is 12.8 Å². The van der Waals surface area contributed by atoms with Crippen LogP contribution in [-0.2, 0) is 9.47 Å². The first-order valence-corrected chi connectivity index (χ1v) is 4.88. The van der Waals surface area contributed by atoms with Crippen LogP contribution in [0.3, 0.4) is 0 Å². The van der Waals surface area contributed by atoms with E-state index in [1.54, 1.807) is 0 Å². The fourth-order valence-electron chi connectivity index (χ4n) is 0.837. The molecular weight excluding hydrogens is 168 g/mol. The molecule has 0 aromatic carbocycles. The smallest absolute Gasteiger partial charge is 0.0700 e. The Morgan fingerprint density at radius 1 is 1.00 bits per heavy atom. The summed E-state index contributed by atoms with van der Waals surface area (Å²) in [5.74, 6) is 0. The van der Waals surface area contributed by atoms with Gasteiger partial charge in [-0.25, -0.2) is 0 Å². The Bertz CT molecular complexity index is 81.7. The molecule has 0 heterocycles. The van der Waals surface area contributed by atoms with E-state index in [0.717, 1.165) is 32.6 Å². The van der Waals surface area contributed by atoms with Crippen molar-refractivity contribution in [3.63, 3.8) is 0 Å². The molecule has 0 saturated carbocycles. The summed E-state index contributed by atoms with van der Waals surface area (Å²) < 4.78 is 10.6. The topological polar surface area (TPSA) is 61.1 Å². The molecule has 4 heteroatoms. The Morgan fingerprint density at radius 2 is 1.62 bits per heavy atom. The average Bonchev–Trinajstić information content (AvgIpc) is 2.16. The minimum absolute atomic E-state index is 0.675. The lowest BCUT2D eigenvalue weighted by atomic mass is 10.4. The lowest BCUT2D eigenvalue weighted by Gasteiger charge is -2.04. The molecule has 0 aromatic heterocycles. The van der Waals surface area contributed by atoms with E-state index in [4.69, 9.17) is 15.2 Å². The zero-order valence-electron chi connectivity index (χ0n) is 8.34. The predicted octanol–water partition coefficient (Wildman–Crippen LogP) is -0.887. The molecule has 4 N–H and O–H groups in total. The van der Waals surface area contributed by atoms with Crippen LogP contribution < -0.4 is 11.1 Å². The monoisotopic (exact) mass is 190 g/mol. The maximum absolute atomic E-state index is 5.31. The molecule has 0 aliphatic heterocycles. The molecule has 0 aliphatic rings. The lowest BCUT2D eigenvalue weighted by molar-refractivity contribution is -0.596. The largest absolute Gasteiger partial charge is 0.479 e. The van der Waals surface area contributed by atoms with Gasteiger partial charge in [-0.05, 0) is 13.0 Å². The predicted molar refractivity (Wildman–Crippen MR) is 52.1 cm³/mol. The van der Waals surface area contributed by atoms with E-state index in [1.807, 2.05) is 5.32 Å². The van der Waals surface area contributed by atoms with Gasteiger partial charge in [0.15, 0.2) is 0 Å². The van der Waals surface area contributed by atoms with Crippen LogP contribution in [0.2, 0.25) is 0 Å². The van der Waals surface area contributed by atoms with Gasteiger partial charge in [0.25, 0.3) is 0 Å². The molecule has 0 bridgehead atoms. The number of hydrogen-bond acceptors (Lipinski definition) is 3. The molecule has 0 saturated heterocycles. The molecular formula is C9H22N2O2. The van der Waals surface area contributed by atoms with Gasteiger partial charge in [0.1, 0.15) is 0 Å². The molecule has 4 nitrogen and oxygen atoms in total.